The first-order valence-corrected chi connectivity index (χ1v) is 9.47. The van der Waals surface area contributed by atoms with E-state index in [9.17, 15) is 24.8 Å². The topological polar surface area (TPSA) is 152 Å². The van der Waals surface area contributed by atoms with Crippen molar-refractivity contribution in [2.75, 3.05) is 32.5 Å². The van der Waals surface area contributed by atoms with Gasteiger partial charge in [-0.25, -0.2) is 4.79 Å². The molecule has 10 heteroatoms. The van der Waals surface area contributed by atoms with Crippen molar-refractivity contribution in [1.29, 1.82) is 5.26 Å². The second-order valence-electron chi connectivity index (χ2n) is 7.12. The zero-order valence-electron chi connectivity index (χ0n) is 18.2. The summed E-state index contributed by atoms with van der Waals surface area (Å²) in [7, 11) is 1.21. The molecule has 1 amide bonds. The predicted molar refractivity (Wildman–Crippen MR) is 112 cm³/mol. The van der Waals surface area contributed by atoms with Crippen LogP contribution in [0.5, 0.6) is 11.5 Å². The molecule has 10 nitrogen and oxygen atoms in total. The molecule has 0 saturated carbocycles. The van der Waals surface area contributed by atoms with Crippen LogP contribution in [-0.4, -0.2) is 54.8 Å². The summed E-state index contributed by atoms with van der Waals surface area (Å²) < 4.78 is 14.5. The van der Waals surface area contributed by atoms with Gasteiger partial charge in [0.05, 0.1) is 18.2 Å². The number of hydrogen-bond acceptors (Lipinski definition) is 9. The molecule has 0 bridgehead atoms. The molecule has 168 valence electrons. The van der Waals surface area contributed by atoms with Crippen molar-refractivity contribution < 1.29 is 33.7 Å². The van der Waals surface area contributed by atoms with Gasteiger partial charge in [0, 0.05) is 13.1 Å². The molecule has 31 heavy (non-hydrogen) atoms. The van der Waals surface area contributed by atoms with Gasteiger partial charge in [-0.1, -0.05) is 0 Å². The number of ether oxygens (including phenoxy) is 3. The first kappa shape index (κ1) is 25.3. The number of rotatable bonds is 8. The van der Waals surface area contributed by atoms with E-state index in [0.29, 0.717) is 13.1 Å². The Morgan fingerprint density at radius 2 is 1.87 bits per heavy atom. The van der Waals surface area contributed by atoms with E-state index in [-0.39, 0.29) is 29.2 Å². The molecule has 0 radical (unpaired) electrons. The molecule has 0 aliphatic heterocycles. The minimum Gasteiger partial charge on any atom is -0.503 e. The van der Waals surface area contributed by atoms with Crippen LogP contribution < -0.4 is 10.5 Å². The highest BCUT2D eigenvalue weighted by Gasteiger charge is 2.31. The summed E-state index contributed by atoms with van der Waals surface area (Å²) in [6.07, 6.45) is 0.0854. The van der Waals surface area contributed by atoms with Gasteiger partial charge in [-0.2, -0.15) is 5.26 Å². The average molecular weight is 433 g/mol. The molecule has 0 aliphatic carbocycles. The van der Waals surface area contributed by atoms with E-state index < -0.39 is 29.2 Å². The lowest BCUT2D eigenvalue weighted by Crippen LogP contribution is -2.32. The number of benzene rings is 1. The molecule has 0 saturated heterocycles. The van der Waals surface area contributed by atoms with E-state index in [1.54, 1.807) is 13.8 Å². The molecule has 0 aliphatic rings. The van der Waals surface area contributed by atoms with Crippen molar-refractivity contribution in [2.45, 2.75) is 27.7 Å². The number of hydrogen-bond donors (Lipinski definition) is 2. The van der Waals surface area contributed by atoms with Gasteiger partial charge in [0.15, 0.2) is 11.5 Å². The summed E-state index contributed by atoms with van der Waals surface area (Å²) in [6, 6.07) is 4.38. The van der Waals surface area contributed by atoms with Gasteiger partial charge in [0.1, 0.15) is 18.2 Å². The van der Waals surface area contributed by atoms with Gasteiger partial charge in [-0.3, -0.25) is 9.59 Å². The van der Waals surface area contributed by atoms with Gasteiger partial charge in [-0.05, 0) is 51.5 Å². The van der Waals surface area contributed by atoms with Crippen molar-refractivity contribution >= 4 is 29.8 Å². The summed E-state index contributed by atoms with van der Waals surface area (Å²) in [4.78, 5) is 37.6. The molecule has 3 N–H and O–H groups in total. The number of phenolic OH excluding ortho intramolecular Hbond substituents is 1. The van der Waals surface area contributed by atoms with Gasteiger partial charge in [-0.15, -0.1) is 0 Å². The summed E-state index contributed by atoms with van der Waals surface area (Å²) >= 11 is 0. The molecule has 0 atom stereocenters. The number of likely N-dealkylation sites (N-methyl/N-ethyl adjacent to an activating group) is 1. The Hall–Kier alpha value is -3.74. The van der Waals surface area contributed by atoms with Gasteiger partial charge in [0.2, 0.25) is 0 Å². The number of esters is 1. The van der Waals surface area contributed by atoms with E-state index in [2.05, 4.69) is 4.74 Å². The summed E-state index contributed by atoms with van der Waals surface area (Å²) in [5, 5.41) is 19.5. The molecule has 1 rings (SSSR count). The molecule has 0 unspecified atom stereocenters. The highest BCUT2D eigenvalue weighted by molar-refractivity contribution is 6.01. The maximum atomic E-state index is 12.4. The average Bonchev–Trinajstić information content (AvgIpc) is 2.74. The third-order valence-electron chi connectivity index (χ3n) is 4.32. The molecule has 0 aromatic heterocycles. The smallest absolute Gasteiger partial charge is 0.503 e. The Morgan fingerprint density at radius 1 is 1.26 bits per heavy atom. The maximum absolute atomic E-state index is 12.4. The van der Waals surface area contributed by atoms with E-state index in [1.165, 1.54) is 44.1 Å². The Morgan fingerprint density at radius 3 is 2.39 bits per heavy atom. The van der Waals surface area contributed by atoms with Crippen molar-refractivity contribution in [1.82, 2.24) is 4.90 Å². The number of nitriles is 1. The van der Waals surface area contributed by atoms with Gasteiger partial charge < -0.3 is 30.0 Å². The SMILES string of the molecule is CCN(CC)C(=O)/C(C#N)=C/c1cc(N)c(O)c(OC(=O)OCC(C)(C)C(=O)OC)c1. The lowest BCUT2D eigenvalue weighted by molar-refractivity contribution is -0.153. The van der Waals surface area contributed by atoms with Crippen LogP contribution in [0.15, 0.2) is 17.7 Å². The molecule has 0 fully saturated rings. The van der Waals surface area contributed by atoms with Crippen LogP contribution in [0.1, 0.15) is 33.3 Å². The molecule has 0 heterocycles. The fourth-order valence-electron chi connectivity index (χ4n) is 2.50. The normalized spacial score (nSPS) is 11.3. The number of carbonyl (C=O) groups is 3. The highest BCUT2D eigenvalue weighted by atomic mass is 16.7. The molecular formula is C21H27N3O7. The van der Waals surface area contributed by atoms with E-state index in [1.807, 2.05) is 6.07 Å². The van der Waals surface area contributed by atoms with Crippen molar-refractivity contribution in [3.05, 3.63) is 23.3 Å². The number of phenols is 1. The summed E-state index contributed by atoms with van der Waals surface area (Å²) in [5.74, 6) is -1.90. The lowest BCUT2D eigenvalue weighted by Gasteiger charge is -2.20. The number of aromatic hydroxyl groups is 1. The van der Waals surface area contributed by atoms with E-state index >= 15 is 0 Å². The molecule has 1 aromatic rings. The Labute approximate surface area is 180 Å². The summed E-state index contributed by atoms with van der Waals surface area (Å²) in [6.45, 7) is 7.13. The first-order valence-electron chi connectivity index (χ1n) is 9.47. The first-order chi connectivity index (χ1) is 14.5. The van der Waals surface area contributed by atoms with Crippen LogP contribution in [0.3, 0.4) is 0 Å². The van der Waals surface area contributed by atoms with E-state index in [4.69, 9.17) is 15.2 Å². The lowest BCUT2D eigenvalue weighted by atomic mass is 9.95. The Kier molecular flexibility index (Phi) is 8.87. The van der Waals surface area contributed by atoms with Crippen LogP contribution in [0.4, 0.5) is 10.5 Å². The number of carbonyl (C=O) groups excluding carboxylic acids is 3. The summed E-state index contributed by atoms with van der Waals surface area (Å²) in [5.41, 5.74) is 4.61. The number of nitrogens with zero attached hydrogens (tertiary/aromatic N) is 2. The van der Waals surface area contributed by atoms with Crippen LogP contribution in [0, 0.1) is 16.7 Å². The predicted octanol–water partition coefficient (Wildman–Crippen LogP) is 2.46. The van der Waals surface area contributed by atoms with Crippen molar-refractivity contribution in [2.24, 2.45) is 5.41 Å². The minimum absolute atomic E-state index is 0.140. The Balaban J connectivity index is 3.10. The minimum atomic E-state index is -1.19. The van der Waals surface area contributed by atoms with E-state index in [0.717, 1.165) is 0 Å². The van der Waals surface area contributed by atoms with Crippen molar-refractivity contribution in [3.63, 3.8) is 0 Å². The largest absolute Gasteiger partial charge is 0.514 e. The third-order valence-corrected chi connectivity index (χ3v) is 4.32. The molecular weight excluding hydrogens is 406 g/mol. The number of nitrogen functional groups attached to an aromatic ring is 1. The van der Waals surface area contributed by atoms with Crippen LogP contribution in [0.2, 0.25) is 0 Å². The number of anilines is 1. The number of amides is 1. The second kappa shape index (κ2) is 10.9. The Bertz CT molecular complexity index is 912. The van der Waals surface area contributed by atoms with Crippen LogP contribution in [0.25, 0.3) is 6.08 Å². The third kappa shape index (κ3) is 6.64. The monoisotopic (exact) mass is 433 g/mol. The van der Waals surface area contributed by atoms with Gasteiger partial charge >= 0.3 is 12.1 Å². The molecule has 1 aromatic carbocycles. The quantitative estimate of drug-likeness (QED) is 0.157. The zero-order valence-corrected chi connectivity index (χ0v) is 18.2. The van der Waals surface area contributed by atoms with Crippen LogP contribution >= 0.6 is 0 Å². The van der Waals surface area contributed by atoms with Crippen LogP contribution in [-0.2, 0) is 19.1 Å². The van der Waals surface area contributed by atoms with Crippen molar-refractivity contribution in [3.8, 4) is 17.6 Å². The second-order valence-corrected chi connectivity index (χ2v) is 7.12. The number of nitrogens with two attached hydrogens (primary N) is 1. The molecule has 0 spiro atoms. The maximum Gasteiger partial charge on any atom is 0.514 e. The standard InChI is InChI=1S/C21H27N3O7/c1-6-24(7-2)18(26)14(11-22)8-13-9-15(23)17(25)16(10-13)31-20(28)30-12-21(3,4)19(27)29-5/h8-10,25H,6-7,12,23H2,1-5H3/b14-8+. The highest BCUT2D eigenvalue weighted by Crippen LogP contribution is 2.35. The fraction of sp³-hybridized carbons (Fsp3) is 0.429. The van der Waals surface area contributed by atoms with Gasteiger partial charge in [0.25, 0.3) is 5.91 Å². The fourth-order valence-corrected chi connectivity index (χ4v) is 2.50. The zero-order chi connectivity index (χ0) is 23.8. The number of methoxy groups -OCH3 is 1.